The molecule has 1 amide bonds. The Labute approximate surface area is 219 Å². The molecular weight excluding hydrogens is 499 g/mol. The van der Waals surface area contributed by atoms with Crippen LogP contribution in [0.15, 0.2) is 46.7 Å². The van der Waals surface area contributed by atoms with Crippen molar-refractivity contribution < 1.29 is 27.4 Å². The Kier molecular flexibility index (Phi) is 8.88. The molecule has 11 heteroatoms. The SMILES string of the molecule is CCC(=O)N1CCC(NC2CCOCC2)=C(C(N)=Nc2cc(C(F)F)c(-c3ccnc(OC)c3)cc2F)C1. The molecule has 1 saturated heterocycles. The number of alkyl halides is 2. The van der Waals surface area contributed by atoms with Gasteiger partial charge in [0.2, 0.25) is 11.8 Å². The van der Waals surface area contributed by atoms with Crippen molar-refractivity contribution in [2.24, 2.45) is 10.7 Å². The molecule has 0 unspecified atom stereocenters. The normalized spacial score (nSPS) is 17.2. The average molecular weight is 532 g/mol. The van der Waals surface area contributed by atoms with Crippen LogP contribution in [0.3, 0.4) is 0 Å². The van der Waals surface area contributed by atoms with Crippen LogP contribution in [0.2, 0.25) is 0 Å². The van der Waals surface area contributed by atoms with E-state index in [9.17, 15) is 13.6 Å². The summed E-state index contributed by atoms with van der Waals surface area (Å²) in [5.74, 6) is -0.649. The van der Waals surface area contributed by atoms with Crippen molar-refractivity contribution in [3.8, 4) is 17.0 Å². The standard InChI is InChI=1S/C27H32F3N5O3/c1-3-25(36)35-9-5-22(33-17-6-10-38-11-7-17)20(15-35)27(31)34-23-14-19(26(29)30)18(13-21(23)28)16-4-8-32-24(12-16)37-2/h4,8,12-14,17,26,33H,3,5-7,9-11,15H2,1-2H3,(H2,31,34). The van der Waals surface area contributed by atoms with E-state index in [1.807, 2.05) is 0 Å². The van der Waals surface area contributed by atoms with E-state index in [1.54, 1.807) is 11.8 Å². The zero-order valence-electron chi connectivity index (χ0n) is 21.5. The Hall–Kier alpha value is -3.60. The van der Waals surface area contributed by atoms with Gasteiger partial charge in [-0.15, -0.1) is 0 Å². The highest BCUT2D eigenvalue weighted by Gasteiger charge is 2.27. The van der Waals surface area contributed by atoms with Crippen LogP contribution in [0.4, 0.5) is 18.9 Å². The smallest absolute Gasteiger partial charge is 0.264 e. The van der Waals surface area contributed by atoms with E-state index in [0.29, 0.717) is 43.7 Å². The minimum atomic E-state index is -2.89. The Bertz CT molecular complexity index is 1230. The molecule has 0 aliphatic carbocycles. The summed E-state index contributed by atoms with van der Waals surface area (Å²) < 4.78 is 53.9. The van der Waals surface area contributed by atoms with E-state index in [1.165, 1.54) is 25.4 Å². The van der Waals surface area contributed by atoms with E-state index in [4.69, 9.17) is 15.2 Å². The molecule has 1 aromatic carbocycles. The molecule has 8 nitrogen and oxygen atoms in total. The fourth-order valence-corrected chi connectivity index (χ4v) is 4.66. The predicted octanol–water partition coefficient (Wildman–Crippen LogP) is 4.49. The second-order valence-corrected chi connectivity index (χ2v) is 9.18. The van der Waals surface area contributed by atoms with Gasteiger partial charge < -0.3 is 25.4 Å². The largest absolute Gasteiger partial charge is 0.481 e. The zero-order valence-corrected chi connectivity index (χ0v) is 21.5. The number of hydrogen-bond donors (Lipinski definition) is 2. The third-order valence-electron chi connectivity index (χ3n) is 6.76. The number of nitrogens with one attached hydrogen (secondary N) is 1. The number of carbonyl (C=O) groups excluding carboxylic acids is 1. The van der Waals surface area contributed by atoms with E-state index >= 15 is 4.39 Å². The Balaban J connectivity index is 1.72. The van der Waals surface area contributed by atoms with Gasteiger partial charge in [0.05, 0.1) is 13.7 Å². The molecule has 1 fully saturated rings. The Morgan fingerprint density at radius 1 is 1.32 bits per heavy atom. The number of benzene rings is 1. The summed E-state index contributed by atoms with van der Waals surface area (Å²) in [6.45, 7) is 3.78. The maximum absolute atomic E-state index is 15.3. The number of ether oxygens (including phenoxy) is 2. The number of carbonyl (C=O) groups is 1. The van der Waals surface area contributed by atoms with Gasteiger partial charge in [0, 0.05) is 67.7 Å². The molecule has 1 aromatic heterocycles. The molecular formula is C27H32F3N5O3. The number of amidine groups is 1. The second-order valence-electron chi connectivity index (χ2n) is 9.18. The lowest BCUT2D eigenvalue weighted by molar-refractivity contribution is -0.130. The van der Waals surface area contributed by atoms with E-state index in [2.05, 4.69) is 15.3 Å². The van der Waals surface area contributed by atoms with Crippen LogP contribution in [0.25, 0.3) is 11.1 Å². The van der Waals surface area contributed by atoms with Crippen molar-refractivity contribution >= 4 is 17.4 Å². The summed E-state index contributed by atoms with van der Waals surface area (Å²) >= 11 is 0. The van der Waals surface area contributed by atoms with Crippen LogP contribution >= 0.6 is 0 Å². The molecule has 3 N–H and O–H groups in total. The van der Waals surface area contributed by atoms with Crippen LogP contribution in [0, 0.1) is 5.82 Å². The first-order chi connectivity index (χ1) is 18.3. The van der Waals surface area contributed by atoms with E-state index in [-0.39, 0.29) is 41.5 Å². The van der Waals surface area contributed by atoms with Gasteiger partial charge in [-0.05, 0) is 42.2 Å². The average Bonchev–Trinajstić information content (AvgIpc) is 2.94. The highest BCUT2D eigenvalue weighted by molar-refractivity contribution is 6.00. The van der Waals surface area contributed by atoms with Crippen molar-refractivity contribution in [1.82, 2.24) is 15.2 Å². The fraction of sp³-hybridized carbons (Fsp3) is 0.444. The summed E-state index contributed by atoms with van der Waals surface area (Å²) in [5, 5.41) is 3.51. The summed E-state index contributed by atoms with van der Waals surface area (Å²) in [6, 6.07) is 5.16. The predicted molar refractivity (Wildman–Crippen MR) is 138 cm³/mol. The first kappa shape index (κ1) is 27.4. The lowest BCUT2D eigenvalue weighted by Gasteiger charge is -2.34. The van der Waals surface area contributed by atoms with Crippen LogP contribution in [-0.2, 0) is 9.53 Å². The molecule has 0 spiro atoms. The third-order valence-corrected chi connectivity index (χ3v) is 6.76. The van der Waals surface area contributed by atoms with Crippen LogP contribution in [0.1, 0.15) is 44.6 Å². The van der Waals surface area contributed by atoms with Crippen molar-refractivity contribution in [3.05, 3.63) is 53.1 Å². The number of pyridine rings is 1. The monoisotopic (exact) mass is 531 g/mol. The van der Waals surface area contributed by atoms with Crippen LogP contribution in [0.5, 0.6) is 5.88 Å². The van der Waals surface area contributed by atoms with Crippen molar-refractivity contribution in [1.29, 1.82) is 0 Å². The lowest BCUT2D eigenvalue weighted by Crippen LogP contribution is -2.44. The minimum absolute atomic E-state index is 0.00851. The number of hydrogen-bond acceptors (Lipinski definition) is 6. The number of nitrogens with zero attached hydrogens (tertiary/aromatic N) is 3. The van der Waals surface area contributed by atoms with Gasteiger partial charge in [0.1, 0.15) is 17.3 Å². The van der Waals surface area contributed by atoms with Gasteiger partial charge in [-0.25, -0.2) is 23.1 Å². The summed E-state index contributed by atoms with van der Waals surface area (Å²) in [7, 11) is 1.40. The molecule has 0 bridgehead atoms. The van der Waals surface area contributed by atoms with Crippen molar-refractivity contribution in [2.75, 3.05) is 33.4 Å². The summed E-state index contributed by atoms with van der Waals surface area (Å²) in [6.07, 6.45) is 1.01. The molecule has 3 heterocycles. The van der Waals surface area contributed by atoms with Gasteiger partial charge in [-0.1, -0.05) is 6.92 Å². The number of rotatable bonds is 8. The van der Waals surface area contributed by atoms with Gasteiger partial charge in [-0.3, -0.25) is 4.79 Å². The van der Waals surface area contributed by atoms with Crippen molar-refractivity contribution in [3.63, 3.8) is 0 Å². The molecule has 38 heavy (non-hydrogen) atoms. The molecule has 2 aromatic rings. The van der Waals surface area contributed by atoms with Crippen LogP contribution in [-0.4, -0.2) is 61.1 Å². The third kappa shape index (κ3) is 6.27. The second kappa shape index (κ2) is 12.3. The minimum Gasteiger partial charge on any atom is -0.481 e. The topological polar surface area (TPSA) is 102 Å². The van der Waals surface area contributed by atoms with Gasteiger partial charge in [0.25, 0.3) is 6.43 Å². The number of halogens is 3. The molecule has 0 saturated carbocycles. The van der Waals surface area contributed by atoms with Gasteiger partial charge >= 0.3 is 0 Å². The maximum atomic E-state index is 15.3. The molecule has 0 radical (unpaired) electrons. The Morgan fingerprint density at radius 3 is 2.76 bits per heavy atom. The maximum Gasteiger partial charge on any atom is 0.264 e. The number of nitrogens with two attached hydrogens (primary N) is 1. The molecule has 2 aliphatic rings. The highest BCUT2D eigenvalue weighted by atomic mass is 19.3. The van der Waals surface area contributed by atoms with Crippen molar-refractivity contribution in [2.45, 2.75) is 45.1 Å². The van der Waals surface area contributed by atoms with E-state index in [0.717, 1.165) is 30.7 Å². The molecule has 0 atom stereocenters. The lowest BCUT2D eigenvalue weighted by atomic mass is 9.99. The van der Waals surface area contributed by atoms with Gasteiger partial charge in [0.15, 0.2) is 0 Å². The quantitative estimate of drug-likeness (QED) is 0.385. The first-order valence-corrected chi connectivity index (χ1v) is 12.6. The molecule has 204 valence electrons. The fourth-order valence-electron chi connectivity index (χ4n) is 4.66. The number of aromatic nitrogens is 1. The number of methoxy groups -OCH3 is 1. The molecule has 2 aliphatic heterocycles. The number of aliphatic imine (C=N–C) groups is 1. The highest BCUT2D eigenvalue weighted by Crippen LogP contribution is 2.37. The first-order valence-electron chi connectivity index (χ1n) is 12.6. The van der Waals surface area contributed by atoms with Gasteiger partial charge in [-0.2, -0.15) is 0 Å². The van der Waals surface area contributed by atoms with Crippen LogP contribution < -0.4 is 15.8 Å². The summed E-state index contributed by atoms with van der Waals surface area (Å²) in [4.78, 5) is 22.3. The number of amides is 1. The zero-order chi connectivity index (χ0) is 27.2. The van der Waals surface area contributed by atoms with E-state index < -0.39 is 17.8 Å². The summed E-state index contributed by atoms with van der Waals surface area (Å²) in [5.41, 5.74) is 7.40. The molecule has 4 rings (SSSR count). The Morgan fingerprint density at radius 2 is 2.08 bits per heavy atom.